The highest BCUT2D eigenvalue weighted by molar-refractivity contribution is 5.99. The molecule has 9 heteroatoms. The second kappa shape index (κ2) is 11.2. The average molecular weight is 505 g/mol. The molecule has 0 bridgehead atoms. The number of aromatic nitrogens is 1. The molecule has 0 fully saturated rings. The number of likely N-dealkylation sites (N-methyl/N-ethyl adjacent to an activating group) is 1. The monoisotopic (exact) mass is 504 g/mol. The first-order valence-corrected chi connectivity index (χ1v) is 12.0. The van der Waals surface area contributed by atoms with Gasteiger partial charge in [0.1, 0.15) is 11.4 Å². The summed E-state index contributed by atoms with van der Waals surface area (Å²) in [5.74, 6) is -2.42. The van der Waals surface area contributed by atoms with Crippen molar-refractivity contribution in [1.82, 2.24) is 20.1 Å². The number of allylic oxidation sites excluding steroid dienone is 1. The molecule has 3 aromatic rings. The maximum absolute atomic E-state index is 13.3. The molecule has 0 saturated heterocycles. The molecule has 192 valence electrons. The molecule has 0 radical (unpaired) electrons. The average Bonchev–Trinajstić information content (AvgIpc) is 2.89. The molecular formula is C28H29FN4O4. The van der Waals surface area contributed by atoms with Gasteiger partial charge in [-0.05, 0) is 43.1 Å². The van der Waals surface area contributed by atoms with E-state index in [1.807, 2.05) is 37.4 Å². The lowest BCUT2D eigenvalue weighted by atomic mass is 10.0. The first kappa shape index (κ1) is 25.8. The van der Waals surface area contributed by atoms with Crippen LogP contribution in [0.5, 0.6) is 5.75 Å². The van der Waals surface area contributed by atoms with Crippen molar-refractivity contribution in [3.05, 3.63) is 111 Å². The number of hydrogen-bond donors (Lipinski definition) is 3. The third-order valence-corrected chi connectivity index (χ3v) is 6.48. The molecule has 0 saturated carbocycles. The van der Waals surface area contributed by atoms with E-state index in [1.54, 1.807) is 0 Å². The Bertz CT molecular complexity index is 1370. The van der Waals surface area contributed by atoms with Crippen LogP contribution in [0.2, 0.25) is 0 Å². The number of rotatable bonds is 9. The highest BCUT2D eigenvalue weighted by Gasteiger charge is 2.33. The number of hydrogen-bond acceptors (Lipinski definition) is 5. The maximum Gasteiger partial charge on any atom is 0.278 e. The van der Waals surface area contributed by atoms with Gasteiger partial charge < -0.3 is 25.2 Å². The molecular weight excluding hydrogens is 475 g/mol. The lowest BCUT2D eigenvalue weighted by Crippen LogP contribution is -2.43. The molecule has 2 aromatic carbocycles. The summed E-state index contributed by atoms with van der Waals surface area (Å²) in [6.45, 7) is 4.57. The molecule has 0 unspecified atom stereocenters. The van der Waals surface area contributed by atoms with Crippen molar-refractivity contribution < 1.29 is 19.1 Å². The Labute approximate surface area is 214 Å². The van der Waals surface area contributed by atoms with Gasteiger partial charge in [-0.15, -0.1) is 0 Å². The minimum atomic E-state index is -0.930. The van der Waals surface area contributed by atoms with E-state index in [-0.39, 0.29) is 30.4 Å². The number of carbonyl (C=O) groups excluding carboxylic acids is 2. The standard InChI is InChI=1S/C28H29FN4O4/c1-18-16-32-17-23(27(36)31-15-20-8-10-21(29)11-9-20)25(34)26(35)24(32)28(37)33(18)13-12-22(30-2)14-19-6-4-3-5-7-19/h3-11,17,22,30,35H,1,12-16H2,2H3,(H,31,36)/t22-/m1/s1. The predicted octanol–water partition coefficient (Wildman–Crippen LogP) is 2.81. The number of aromatic hydroxyl groups is 1. The normalized spacial score (nSPS) is 13.8. The first-order chi connectivity index (χ1) is 17.8. The summed E-state index contributed by atoms with van der Waals surface area (Å²) in [6, 6.07) is 15.7. The second-order valence-electron chi connectivity index (χ2n) is 8.99. The molecule has 37 heavy (non-hydrogen) atoms. The van der Waals surface area contributed by atoms with E-state index in [2.05, 4.69) is 17.2 Å². The summed E-state index contributed by atoms with van der Waals surface area (Å²) in [7, 11) is 1.86. The van der Waals surface area contributed by atoms with Crippen molar-refractivity contribution in [2.24, 2.45) is 0 Å². The fourth-order valence-corrected chi connectivity index (χ4v) is 4.39. The second-order valence-corrected chi connectivity index (χ2v) is 8.99. The molecule has 2 amide bonds. The zero-order valence-electron chi connectivity index (χ0n) is 20.5. The van der Waals surface area contributed by atoms with Gasteiger partial charge in [-0.25, -0.2) is 4.39 Å². The van der Waals surface area contributed by atoms with Crippen molar-refractivity contribution >= 4 is 11.8 Å². The molecule has 8 nitrogen and oxygen atoms in total. The number of halogens is 1. The zero-order valence-corrected chi connectivity index (χ0v) is 20.5. The van der Waals surface area contributed by atoms with Gasteiger partial charge in [0.2, 0.25) is 5.43 Å². The number of carbonyl (C=O) groups is 2. The van der Waals surface area contributed by atoms with E-state index in [1.165, 1.54) is 45.5 Å². The SMILES string of the molecule is C=C1Cn2cc(C(=O)NCc3ccc(F)cc3)c(=O)c(O)c2C(=O)N1CC[C@H](Cc1ccccc1)NC. The summed E-state index contributed by atoms with van der Waals surface area (Å²) in [6.07, 6.45) is 2.68. The molecule has 2 heterocycles. The summed E-state index contributed by atoms with van der Waals surface area (Å²) >= 11 is 0. The minimum Gasteiger partial charge on any atom is -0.503 e. The Morgan fingerprint density at radius 3 is 2.49 bits per heavy atom. The van der Waals surface area contributed by atoms with Crippen molar-refractivity contribution in [3.63, 3.8) is 0 Å². The van der Waals surface area contributed by atoms with Gasteiger partial charge in [0, 0.05) is 31.0 Å². The Kier molecular flexibility index (Phi) is 7.83. The summed E-state index contributed by atoms with van der Waals surface area (Å²) in [4.78, 5) is 40.3. The van der Waals surface area contributed by atoms with Gasteiger partial charge in [0.25, 0.3) is 11.8 Å². The van der Waals surface area contributed by atoms with Crippen LogP contribution in [-0.4, -0.2) is 46.0 Å². The van der Waals surface area contributed by atoms with E-state index in [0.717, 1.165) is 6.42 Å². The molecule has 0 spiro atoms. The van der Waals surface area contributed by atoms with Gasteiger partial charge in [0.05, 0.1) is 6.54 Å². The maximum atomic E-state index is 13.3. The highest BCUT2D eigenvalue weighted by atomic mass is 19.1. The van der Waals surface area contributed by atoms with E-state index in [0.29, 0.717) is 24.2 Å². The van der Waals surface area contributed by atoms with Crippen LogP contribution in [0.15, 0.2) is 77.9 Å². The number of amides is 2. The van der Waals surface area contributed by atoms with Crippen LogP contribution in [0.1, 0.15) is 38.4 Å². The van der Waals surface area contributed by atoms with Crippen LogP contribution in [-0.2, 0) is 19.5 Å². The Balaban J connectivity index is 1.48. The fourth-order valence-electron chi connectivity index (χ4n) is 4.39. The predicted molar refractivity (Wildman–Crippen MR) is 138 cm³/mol. The molecule has 3 N–H and O–H groups in total. The molecule has 1 aliphatic heterocycles. The largest absolute Gasteiger partial charge is 0.503 e. The van der Waals surface area contributed by atoms with Gasteiger partial charge in [-0.1, -0.05) is 49.0 Å². The fraction of sp³-hybridized carbons (Fsp3) is 0.250. The molecule has 1 atom stereocenters. The van der Waals surface area contributed by atoms with Crippen molar-refractivity contribution in [3.8, 4) is 5.75 Å². The van der Waals surface area contributed by atoms with Gasteiger partial charge >= 0.3 is 0 Å². The van der Waals surface area contributed by atoms with E-state index >= 15 is 0 Å². The topological polar surface area (TPSA) is 104 Å². The van der Waals surface area contributed by atoms with Crippen LogP contribution >= 0.6 is 0 Å². The van der Waals surface area contributed by atoms with Gasteiger partial charge in [0.15, 0.2) is 11.4 Å². The van der Waals surface area contributed by atoms with Crippen LogP contribution in [0, 0.1) is 5.82 Å². The van der Waals surface area contributed by atoms with E-state index < -0.39 is 28.8 Å². The minimum absolute atomic E-state index is 0.0656. The van der Waals surface area contributed by atoms with Crippen LogP contribution < -0.4 is 16.1 Å². The van der Waals surface area contributed by atoms with E-state index in [9.17, 15) is 23.9 Å². The zero-order chi connectivity index (χ0) is 26.5. The summed E-state index contributed by atoms with van der Waals surface area (Å²) < 4.78 is 14.5. The molecule has 1 aromatic heterocycles. The van der Waals surface area contributed by atoms with Crippen LogP contribution in [0.3, 0.4) is 0 Å². The van der Waals surface area contributed by atoms with Crippen LogP contribution in [0.4, 0.5) is 4.39 Å². The number of pyridine rings is 1. The molecule has 1 aliphatic rings. The van der Waals surface area contributed by atoms with Crippen molar-refractivity contribution in [2.45, 2.75) is 32.0 Å². The van der Waals surface area contributed by atoms with Crippen LogP contribution in [0.25, 0.3) is 0 Å². The Morgan fingerprint density at radius 1 is 1.11 bits per heavy atom. The number of fused-ring (bicyclic) bond motifs is 1. The molecule has 4 rings (SSSR count). The Hall–Kier alpha value is -4.24. The quantitative estimate of drug-likeness (QED) is 0.416. The lowest BCUT2D eigenvalue weighted by Gasteiger charge is -2.33. The van der Waals surface area contributed by atoms with E-state index in [4.69, 9.17) is 0 Å². The summed E-state index contributed by atoms with van der Waals surface area (Å²) in [5, 5.41) is 16.5. The van der Waals surface area contributed by atoms with Gasteiger partial charge in [-0.3, -0.25) is 14.4 Å². The smallest absolute Gasteiger partial charge is 0.278 e. The Morgan fingerprint density at radius 2 is 1.81 bits per heavy atom. The van der Waals surface area contributed by atoms with Crippen molar-refractivity contribution in [2.75, 3.05) is 13.6 Å². The van der Waals surface area contributed by atoms with Crippen molar-refractivity contribution in [1.29, 1.82) is 0 Å². The number of nitrogens with zero attached hydrogens (tertiary/aromatic N) is 2. The number of benzene rings is 2. The van der Waals surface area contributed by atoms with Gasteiger partial charge in [-0.2, -0.15) is 0 Å². The number of nitrogens with one attached hydrogen (secondary N) is 2. The lowest BCUT2D eigenvalue weighted by molar-refractivity contribution is 0.0752. The third-order valence-electron chi connectivity index (χ3n) is 6.48. The third kappa shape index (κ3) is 5.78. The highest BCUT2D eigenvalue weighted by Crippen LogP contribution is 2.25. The summed E-state index contributed by atoms with van der Waals surface area (Å²) in [5.41, 5.74) is 0.912. The molecule has 0 aliphatic carbocycles. The first-order valence-electron chi connectivity index (χ1n) is 12.0.